The largest absolute Gasteiger partial charge is 0.415 e. The summed E-state index contributed by atoms with van der Waals surface area (Å²) >= 11 is 0. The third-order valence-corrected chi connectivity index (χ3v) is 3.09. The zero-order valence-corrected chi connectivity index (χ0v) is 11.6. The lowest BCUT2D eigenvalue weighted by Gasteiger charge is -2.06. The fraction of sp³-hybridized carbons (Fsp3) is 0.0625. The van der Waals surface area contributed by atoms with E-state index in [0.29, 0.717) is 5.56 Å². The monoisotopic (exact) mass is 295 g/mol. The van der Waals surface area contributed by atoms with E-state index in [1.165, 1.54) is 0 Å². The quantitative estimate of drug-likeness (QED) is 0.595. The van der Waals surface area contributed by atoms with Crippen LogP contribution in [0.5, 0.6) is 0 Å². The number of amides is 1. The molecule has 0 unspecified atom stereocenters. The van der Waals surface area contributed by atoms with Crippen LogP contribution in [-0.2, 0) is 11.3 Å². The van der Waals surface area contributed by atoms with Crippen LogP contribution in [0.4, 0.5) is 4.79 Å². The van der Waals surface area contributed by atoms with Gasteiger partial charge in [0.1, 0.15) is 5.65 Å². The maximum Gasteiger partial charge on any atom is 0.415 e. The third-order valence-electron chi connectivity index (χ3n) is 3.09. The molecular weight excluding hydrogens is 282 g/mol. The lowest BCUT2D eigenvalue weighted by Crippen LogP contribution is -2.26. The molecule has 0 fully saturated rings. The minimum atomic E-state index is -0.780. The van der Waals surface area contributed by atoms with Crippen LogP contribution in [0.2, 0.25) is 0 Å². The minimum absolute atomic E-state index is 0.254. The van der Waals surface area contributed by atoms with Gasteiger partial charge in [0, 0.05) is 25.1 Å². The van der Waals surface area contributed by atoms with Gasteiger partial charge < -0.3 is 14.5 Å². The first kappa shape index (κ1) is 13.8. The van der Waals surface area contributed by atoms with Crippen molar-refractivity contribution in [3.05, 3.63) is 72.2 Å². The molecule has 3 aromatic rings. The van der Waals surface area contributed by atoms with E-state index in [-0.39, 0.29) is 6.54 Å². The number of ether oxygens (including phenoxy) is 1. The van der Waals surface area contributed by atoms with E-state index >= 15 is 0 Å². The van der Waals surface area contributed by atoms with E-state index in [4.69, 9.17) is 4.74 Å². The fourth-order valence-corrected chi connectivity index (χ4v) is 1.99. The molecule has 6 heteroatoms. The maximum atomic E-state index is 11.7. The molecule has 1 N–H and O–H groups in total. The van der Waals surface area contributed by atoms with Crippen molar-refractivity contribution in [2.45, 2.75) is 6.54 Å². The Balaban J connectivity index is 1.57. The Labute approximate surface area is 126 Å². The van der Waals surface area contributed by atoms with E-state index in [0.717, 1.165) is 11.2 Å². The number of benzene rings is 1. The zero-order valence-electron chi connectivity index (χ0n) is 11.6. The highest BCUT2D eigenvalue weighted by Crippen LogP contribution is 2.06. The van der Waals surface area contributed by atoms with Crippen molar-refractivity contribution >= 4 is 17.7 Å². The Kier molecular flexibility index (Phi) is 3.82. The smallest absolute Gasteiger partial charge is 0.373 e. The van der Waals surface area contributed by atoms with Crippen molar-refractivity contribution in [2.24, 2.45) is 0 Å². The molecule has 3 rings (SSSR count). The summed E-state index contributed by atoms with van der Waals surface area (Å²) in [6.07, 6.45) is 4.59. The molecule has 2 heterocycles. The standard InChI is InChI=1S/C16H13N3O3/c20-15(13-4-2-1-3-5-13)22-16(21)18-11-12-6-8-19-9-7-17-14(19)10-12/h1-10H,11H2,(H,18,21). The number of pyridine rings is 1. The first-order valence-electron chi connectivity index (χ1n) is 6.69. The average molecular weight is 295 g/mol. The van der Waals surface area contributed by atoms with Crippen molar-refractivity contribution < 1.29 is 14.3 Å². The van der Waals surface area contributed by atoms with E-state index in [1.54, 1.807) is 36.5 Å². The van der Waals surface area contributed by atoms with Gasteiger partial charge in [-0.05, 0) is 29.8 Å². The van der Waals surface area contributed by atoms with Gasteiger partial charge in [-0.3, -0.25) is 0 Å². The van der Waals surface area contributed by atoms with Gasteiger partial charge in [0.05, 0.1) is 5.56 Å². The van der Waals surface area contributed by atoms with Gasteiger partial charge in [0.15, 0.2) is 0 Å². The number of carbonyl (C=O) groups excluding carboxylic acids is 2. The molecule has 0 saturated carbocycles. The molecule has 0 saturated heterocycles. The minimum Gasteiger partial charge on any atom is -0.373 e. The number of rotatable bonds is 3. The van der Waals surface area contributed by atoms with Crippen LogP contribution < -0.4 is 5.32 Å². The molecule has 6 nitrogen and oxygen atoms in total. The number of esters is 1. The van der Waals surface area contributed by atoms with Gasteiger partial charge >= 0.3 is 12.1 Å². The molecule has 0 aliphatic rings. The van der Waals surface area contributed by atoms with E-state index in [9.17, 15) is 9.59 Å². The van der Waals surface area contributed by atoms with Crippen LogP contribution in [0.25, 0.3) is 5.65 Å². The number of imidazole rings is 1. The Morgan fingerprint density at radius 1 is 1.14 bits per heavy atom. The number of hydrogen-bond acceptors (Lipinski definition) is 4. The van der Waals surface area contributed by atoms with Crippen LogP contribution in [0.1, 0.15) is 15.9 Å². The highest BCUT2D eigenvalue weighted by molar-refractivity contribution is 5.96. The van der Waals surface area contributed by atoms with Gasteiger partial charge in [-0.1, -0.05) is 18.2 Å². The highest BCUT2D eigenvalue weighted by Gasteiger charge is 2.12. The first-order valence-corrected chi connectivity index (χ1v) is 6.69. The number of fused-ring (bicyclic) bond motifs is 1. The van der Waals surface area contributed by atoms with Gasteiger partial charge in [-0.15, -0.1) is 0 Å². The Morgan fingerprint density at radius 3 is 2.77 bits per heavy atom. The van der Waals surface area contributed by atoms with E-state index in [2.05, 4.69) is 10.3 Å². The van der Waals surface area contributed by atoms with Crippen molar-refractivity contribution in [2.75, 3.05) is 0 Å². The van der Waals surface area contributed by atoms with E-state index in [1.807, 2.05) is 28.9 Å². The molecule has 22 heavy (non-hydrogen) atoms. The highest BCUT2D eigenvalue weighted by atomic mass is 16.6. The summed E-state index contributed by atoms with van der Waals surface area (Å²) in [5.41, 5.74) is 1.98. The van der Waals surface area contributed by atoms with Gasteiger partial charge in [-0.2, -0.15) is 0 Å². The molecule has 110 valence electrons. The van der Waals surface area contributed by atoms with Crippen LogP contribution in [0.15, 0.2) is 61.1 Å². The molecule has 0 radical (unpaired) electrons. The molecule has 0 aliphatic carbocycles. The van der Waals surface area contributed by atoms with E-state index < -0.39 is 12.1 Å². The molecule has 0 aliphatic heterocycles. The summed E-state index contributed by atoms with van der Waals surface area (Å²) < 4.78 is 6.58. The van der Waals surface area contributed by atoms with Crippen LogP contribution in [-0.4, -0.2) is 21.4 Å². The lowest BCUT2D eigenvalue weighted by molar-refractivity contribution is 0.0621. The molecule has 1 amide bonds. The summed E-state index contributed by atoms with van der Waals surface area (Å²) in [7, 11) is 0. The SMILES string of the molecule is O=C(NCc1ccn2ccnc2c1)OC(=O)c1ccccc1. The Bertz CT molecular complexity index is 812. The predicted molar refractivity (Wildman–Crippen MR) is 79.3 cm³/mol. The zero-order chi connectivity index (χ0) is 15.4. The number of nitrogens with zero attached hydrogens (tertiary/aromatic N) is 2. The van der Waals surface area contributed by atoms with Crippen LogP contribution in [0, 0.1) is 0 Å². The topological polar surface area (TPSA) is 72.7 Å². The van der Waals surface area contributed by atoms with Gasteiger partial charge in [-0.25, -0.2) is 14.6 Å². The summed E-state index contributed by atoms with van der Waals surface area (Å²) in [5, 5.41) is 2.54. The molecule has 2 aromatic heterocycles. The second-order valence-corrected chi connectivity index (χ2v) is 4.62. The van der Waals surface area contributed by atoms with Gasteiger partial charge in [0.25, 0.3) is 0 Å². The Hall–Kier alpha value is -3.15. The molecule has 1 aromatic carbocycles. The number of nitrogens with one attached hydrogen (secondary N) is 1. The number of carbonyl (C=O) groups is 2. The average Bonchev–Trinajstić information content (AvgIpc) is 3.01. The number of hydrogen-bond donors (Lipinski definition) is 1. The van der Waals surface area contributed by atoms with Crippen molar-refractivity contribution in [1.29, 1.82) is 0 Å². The molecule has 0 atom stereocenters. The van der Waals surface area contributed by atoms with Gasteiger partial charge in [0.2, 0.25) is 0 Å². The predicted octanol–water partition coefficient (Wildman–Crippen LogP) is 2.40. The first-order chi connectivity index (χ1) is 10.7. The fourth-order valence-electron chi connectivity index (χ4n) is 1.99. The molecular formula is C16H13N3O3. The number of aromatic nitrogens is 2. The summed E-state index contributed by atoms with van der Waals surface area (Å²) in [6.45, 7) is 0.254. The summed E-state index contributed by atoms with van der Waals surface area (Å²) in [5.74, 6) is -0.679. The normalized spacial score (nSPS) is 10.4. The second kappa shape index (κ2) is 6.09. The summed E-state index contributed by atoms with van der Waals surface area (Å²) in [4.78, 5) is 27.5. The van der Waals surface area contributed by atoms with Crippen LogP contribution >= 0.6 is 0 Å². The third kappa shape index (κ3) is 3.12. The van der Waals surface area contributed by atoms with Crippen LogP contribution in [0.3, 0.4) is 0 Å². The lowest BCUT2D eigenvalue weighted by atomic mass is 10.2. The maximum absolute atomic E-state index is 11.7. The molecule has 0 bridgehead atoms. The second-order valence-electron chi connectivity index (χ2n) is 4.62. The summed E-state index contributed by atoms with van der Waals surface area (Å²) in [6, 6.07) is 12.1. The van der Waals surface area contributed by atoms with Crippen molar-refractivity contribution in [3.63, 3.8) is 0 Å². The number of alkyl carbamates (subject to hydrolysis) is 1. The Morgan fingerprint density at radius 2 is 1.95 bits per heavy atom. The molecule has 0 spiro atoms. The van der Waals surface area contributed by atoms with Crippen molar-refractivity contribution in [1.82, 2.24) is 14.7 Å². The van der Waals surface area contributed by atoms with Crippen molar-refractivity contribution in [3.8, 4) is 0 Å².